The first-order valence-electron chi connectivity index (χ1n) is 12.4. The van der Waals surface area contributed by atoms with E-state index in [4.69, 9.17) is 4.74 Å². The maximum atomic E-state index is 12.6. The summed E-state index contributed by atoms with van der Waals surface area (Å²) in [5.41, 5.74) is 4.93. The Bertz CT molecular complexity index is 1370. The Balaban J connectivity index is 1.40. The molecule has 1 fully saturated rings. The minimum atomic E-state index is -0.876. The van der Waals surface area contributed by atoms with Crippen LogP contribution in [0.5, 0.6) is 5.75 Å². The number of piperidine rings is 1. The second kappa shape index (κ2) is 8.81. The molecule has 1 saturated heterocycles. The van der Waals surface area contributed by atoms with Gasteiger partial charge in [0.25, 0.3) is 0 Å². The molecule has 2 unspecified atom stereocenters. The van der Waals surface area contributed by atoms with Crippen molar-refractivity contribution in [3.05, 3.63) is 99.7 Å². The van der Waals surface area contributed by atoms with Gasteiger partial charge in [-0.1, -0.05) is 58.4 Å². The second-order valence-electron chi connectivity index (χ2n) is 10.2. The van der Waals surface area contributed by atoms with Crippen LogP contribution in [0.15, 0.2) is 77.3 Å². The molecule has 4 aromatic rings. The molecule has 2 heterocycles. The van der Waals surface area contributed by atoms with Crippen LogP contribution in [0.2, 0.25) is 0 Å². The van der Waals surface area contributed by atoms with Crippen LogP contribution >= 0.6 is 15.9 Å². The van der Waals surface area contributed by atoms with E-state index in [0.29, 0.717) is 13.0 Å². The first kappa shape index (κ1) is 22.8. The van der Waals surface area contributed by atoms with Gasteiger partial charge in [-0.25, -0.2) is 0 Å². The lowest BCUT2D eigenvalue weighted by molar-refractivity contribution is -0.102. The Morgan fingerprint density at radius 1 is 1.03 bits per heavy atom. The van der Waals surface area contributed by atoms with E-state index in [1.807, 2.05) is 6.07 Å². The molecule has 3 aromatic carbocycles. The lowest BCUT2D eigenvalue weighted by atomic mass is 9.56. The van der Waals surface area contributed by atoms with Crippen LogP contribution in [0.4, 0.5) is 0 Å². The van der Waals surface area contributed by atoms with Gasteiger partial charge in [-0.2, -0.15) is 0 Å². The van der Waals surface area contributed by atoms with E-state index in [1.165, 1.54) is 27.8 Å². The van der Waals surface area contributed by atoms with Gasteiger partial charge in [-0.05, 0) is 66.4 Å². The smallest absolute Gasteiger partial charge is 0.119 e. The zero-order valence-electron chi connectivity index (χ0n) is 20.1. The van der Waals surface area contributed by atoms with Crippen molar-refractivity contribution in [1.82, 2.24) is 9.88 Å². The number of likely N-dealkylation sites (tertiary alicyclic amines) is 1. The molecule has 2 N–H and O–H groups in total. The standard InChI is InChI=1S/C30H31BrN2O2/c1-35-24-9-5-8-22(16-24)29-13-15-33(14-12-21-6-3-2-4-7-21)20-30(29,34)18-26-25-17-23(31)10-11-27(25)32-28(26)19-29/h2-11,16-17,32,34H,12-15,18-20H2,1H3. The molecule has 1 aliphatic carbocycles. The van der Waals surface area contributed by atoms with Gasteiger partial charge >= 0.3 is 0 Å². The molecular formula is C30H31BrN2O2. The van der Waals surface area contributed by atoms with Gasteiger partial charge < -0.3 is 19.7 Å². The fourth-order valence-corrected chi connectivity index (χ4v) is 6.80. The van der Waals surface area contributed by atoms with Crippen LogP contribution in [0.3, 0.4) is 0 Å². The number of nitrogens with zero attached hydrogens (tertiary/aromatic N) is 1. The quantitative estimate of drug-likeness (QED) is 0.350. The van der Waals surface area contributed by atoms with Crippen molar-refractivity contribution in [3.63, 3.8) is 0 Å². The van der Waals surface area contributed by atoms with Crippen LogP contribution in [-0.4, -0.2) is 47.3 Å². The Hall–Kier alpha value is -2.60. The van der Waals surface area contributed by atoms with Crippen molar-refractivity contribution in [2.75, 3.05) is 26.7 Å². The molecule has 2 atom stereocenters. The van der Waals surface area contributed by atoms with Crippen LogP contribution in [-0.2, 0) is 24.7 Å². The van der Waals surface area contributed by atoms with Gasteiger partial charge in [0.1, 0.15) is 5.75 Å². The van der Waals surface area contributed by atoms with Crippen molar-refractivity contribution < 1.29 is 9.84 Å². The van der Waals surface area contributed by atoms with E-state index >= 15 is 0 Å². The lowest BCUT2D eigenvalue weighted by Gasteiger charge is -2.56. The maximum absolute atomic E-state index is 12.6. The minimum absolute atomic E-state index is 0.365. The molecular weight excluding hydrogens is 500 g/mol. The summed E-state index contributed by atoms with van der Waals surface area (Å²) in [7, 11) is 1.71. The Kier molecular flexibility index (Phi) is 5.75. The average molecular weight is 531 g/mol. The molecule has 6 rings (SSSR count). The molecule has 4 nitrogen and oxygen atoms in total. The fourth-order valence-electron chi connectivity index (χ4n) is 6.44. The average Bonchev–Trinajstić information content (AvgIpc) is 3.21. The summed E-state index contributed by atoms with van der Waals surface area (Å²) in [4.78, 5) is 6.16. The van der Waals surface area contributed by atoms with Crippen molar-refractivity contribution in [2.24, 2.45) is 0 Å². The summed E-state index contributed by atoms with van der Waals surface area (Å²) in [5.74, 6) is 0.845. The molecule has 5 heteroatoms. The molecule has 0 radical (unpaired) electrons. The molecule has 0 spiro atoms. The monoisotopic (exact) mass is 530 g/mol. The molecule has 0 bridgehead atoms. The number of fused-ring (bicyclic) bond motifs is 4. The highest BCUT2D eigenvalue weighted by Gasteiger charge is 2.57. The number of hydrogen-bond acceptors (Lipinski definition) is 3. The Labute approximate surface area is 215 Å². The van der Waals surface area contributed by atoms with Crippen LogP contribution in [0.25, 0.3) is 10.9 Å². The number of hydrogen-bond donors (Lipinski definition) is 2. The predicted octanol–water partition coefficient (Wildman–Crippen LogP) is 5.66. The number of benzene rings is 3. The Morgan fingerprint density at radius 3 is 2.71 bits per heavy atom. The van der Waals surface area contributed by atoms with E-state index < -0.39 is 5.60 Å². The van der Waals surface area contributed by atoms with Crippen molar-refractivity contribution in [3.8, 4) is 5.75 Å². The summed E-state index contributed by atoms with van der Waals surface area (Å²) in [6.07, 6.45) is 3.33. The van der Waals surface area contributed by atoms with E-state index in [1.54, 1.807) is 7.11 Å². The maximum Gasteiger partial charge on any atom is 0.119 e. The number of ether oxygens (including phenoxy) is 1. The topological polar surface area (TPSA) is 48.5 Å². The Morgan fingerprint density at radius 2 is 1.89 bits per heavy atom. The lowest BCUT2D eigenvalue weighted by Crippen LogP contribution is -2.66. The van der Waals surface area contributed by atoms with E-state index in [-0.39, 0.29) is 5.41 Å². The zero-order chi connectivity index (χ0) is 24.0. The number of methoxy groups -OCH3 is 1. The molecule has 35 heavy (non-hydrogen) atoms. The molecule has 1 aromatic heterocycles. The van der Waals surface area contributed by atoms with Gasteiger partial charge in [0.2, 0.25) is 0 Å². The predicted molar refractivity (Wildman–Crippen MR) is 144 cm³/mol. The van der Waals surface area contributed by atoms with Crippen LogP contribution in [0.1, 0.15) is 28.8 Å². The summed E-state index contributed by atoms with van der Waals surface area (Å²) >= 11 is 3.64. The summed E-state index contributed by atoms with van der Waals surface area (Å²) in [6.45, 7) is 2.58. The number of aromatic amines is 1. The third-order valence-electron chi connectivity index (χ3n) is 8.32. The first-order chi connectivity index (χ1) is 17.0. The summed E-state index contributed by atoms with van der Waals surface area (Å²) < 4.78 is 6.66. The fraction of sp³-hybridized carbons (Fsp3) is 0.333. The van der Waals surface area contributed by atoms with Crippen LogP contribution < -0.4 is 4.74 Å². The van der Waals surface area contributed by atoms with Gasteiger partial charge in [0, 0.05) is 52.4 Å². The normalized spacial score (nSPS) is 24.2. The van der Waals surface area contributed by atoms with E-state index in [9.17, 15) is 5.11 Å². The van der Waals surface area contributed by atoms with Crippen molar-refractivity contribution in [2.45, 2.75) is 36.7 Å². The van der Waals surface area contributed by atoms with E-state index in [2.05, 4.69) is 92.5 Å². The highest BCUT2D eigenvalue weighted by molar-refractivity contribution is 9.10. The number of halogens is 1. The number of aromatic nitrogens is 1. The third-order valence-corrected chi connectivity index (χ3v) is 8.81. The number of nitrogens with one attached hydrogen (secondary N) is 1. The van der Waals surface area contributed by atoms with Gasteiger partial charge in [0.05, 0.1) is 12.7 Å². The number of aliphatic hydroxyl groups is 1. The van der Waals surface area contributed by atoms with Crippen molar-refractivity contribution in [1.29, 1.82) is 0 Å². The van der Waals surface area contributed by atoms with Crippen molar-refractivity contribution >= 4 is 26.8 Å². The first-order valence-corrected chi connectivity index (χ1v) is 13.2. The largest absolute Gasteiger partial charge is 0.497 e. The van der Waals surface area contributed by atoms with Crippen LogP contribution in [0, 0.1) is 0 Å². The molecule has 2 aliphatic rings. The highest BCUT2D eigenvalue weighted by Crippen LogP contribution is 2.52. The summed E-state index contributed by atoms with van der Waals surface area (Å²) in [6, 6.07) is 25.4. The zero-order valence-corrected chi connectivity index (χ0v) is 21.6. The molecule has 0 amide bonds. The summed E-state index contributed by atoms with van der Waals surface area (Å²) in [5, 5.41) is 13.8. The number of H-pyrrole nitrogens is 1. The SMILES string of the molecule is COc1cccc(C23CCN(CCc4ccccc4)CC2(O)Cc2c([nH]c4ccc(Br)cc24)C3)c1. The van der Waals surface area contributed by atoms with Gasteiger partial charge in [-0.3, -0.25) is 0 Å². The minimum Gasteiger partial charge on any atom is -0.497 e. The van der Waals surface area contributed by atoms with Gasteiger partial charge in [-0.15, -0.1) is 0 Å². The second-order valence-corrected chi connectivity index (χ2v) is 11.1. The molecule has 180 valence electrons. The molecule has 1 aliphatic heterocycles. The molecule has 0 saturated carbocycles. The number of β-amino-alcohol motifs (C(OH)–C–C–N with tert-alkyl or cyclic N) is 1. The van der Waals surface area contributed by atoms with E-state index in [0.717, 1.165) is 48.1 Å². The number of rotatable bonds is 5. The highest BCUT2D eigenvalue weighted by atomic mass is 79.9. The third kappa shape index (κ3) is 3.90. The van der Waals surface area contributed by atoms with Gasteiger partial charge in [0.15, 0.2) is 0 Å².